The molecule has 0 aliphatic rings. The van der Waals surface area contributed by atoms with Crippen LogP contribution in [0.4, 0.5) is 0 Å². The minimum absolute atomic E-state index is 0.0716. The van der Waals surface area contributed by atoms with Gasteiger partial charge in [0.15, 0.2) is 0 Å². The Hall–Kier alpha value is -1.28. The Morgan fingerprint density at radius 1 is 0.821 bits per heavy atom. The summed E-state index contributed by atoms with van der Waals surface area (Å²) in [6.07, 6.45) is 27.7. The number of carbonyl (C=O) groups is 1. The number of unbranched alkanes of at least 4 members (excludes halogenated alkanes) is 11. The fourth-order valence-corrected chi connectivity index (χ4v) is 4.63. The number of phosphoric ester groups is 1. The molecule has 9 heteroatoms. The third-order valence-electron chi connectivity index (χ3n) is 6.18. The van der Waals surface area contributed by atoms with Gasteiger partial charge in [-0.25, -0.2) is 4.57 Å². The smallest absolute Gasteiger partial charge is 0.387 e. The number of amides is 1. The van der Waals surface area contributed by atoms with E-state index in [2.05, 4.69) is 43.5 Å². The normalized spacial score (nSPS) is 15.3. The molecule has 0 bridgehead atoms. The number of nitrogens with two attached hydrogens (primary N) is 1. The Morgan fingerprint density at radius 3 is 1.92 bits per heavy atom. The van der Waals surface area contributed by atoms with E-state index in [1.54, 1.807) is 6.08 Å². The molecule has 228 valence electrons. The molecule has 0 saturated carbocycles. The van der Waals surface area contributed by atoms with Crippen molar-refractivity contribution in [2.24, 2.45) is 5.73 Å². The van der Waals surface area contributed by atoms with E-state index in [-0.39, 0.29) is 25.7 Å². The lowest BCUT2D eigenvalue weighted by Crippen LogP contribution is -2.45. The van der Waals surface area contributed by atoms with E-state index < -0.39 is 20.0 Å². The lowest BCUT2D eigenvalue weighted by Gasteiger charge is -2.23. The maximum Gasteiger partial charge on any atom is 0.472 e. The summed E-state index contributed by atoms with van der Waals surface area (Å²) in [4.78, 5) is 22.3. The van der Waals surface area contributed by atoms with Crippen LogP contribution in [0.5, 0.6) is 0 Å². The lowest BCUT2D eigenvalue weighted by atomic mass is 10.1. The third-order valence-corrected chi connectivity index (χ3v) is 7.16. The van der Waals surface area contributed by atoms with Gasteiger partial charge in [0.05, 0.1) is 25.4 Å². The summed E-state index contributed by atoms with van der Waals surface area (Å²) in [5.74, 6) is -0.217. The predicted molar refractivity (Wildman–Crippen MR) is 161 cm³/mol. The second-order valence-electron chi connectivity index (χ2n) is 9.94. The van der Waals surface area contributed by atoms with Gasteiger partial charge in [0.25, 0.3) is 0 Å². The Morgan fingerprint density at radius 2 is 1.36 bits per heavy atom. The summed E-state index contributed by atoms with van der Waals surface area (Å²) >= 11 is 0. The molecule has 3 unspecified atom stereocenters. The van der Waals surface area contributed by atoms with E-state index >= 15 is 0 Å². The summed E-state index contributed by atoms with van der Waals surface area (Å²) in [5, 5.41) is 13.4. The zero-order valence-corrected chi connectivity index (χ0v) is 25.5. The van der Waals surface area contributed by atoms with Crippen molar-refractivity contribution in [1.29, 1.82) is 0 Å². The van der Waals surface area contributed by atoms with Crippen LogP contribution in [-0.4, -0.2) is 47.8 Å². The van der Waals surface area contributed by atoms with E-state index in [0.29, 0.717) is 6.42 Å². The molecule has 0 fully saturated rings. The molecule has 0 saturated heterocycles. The standard InChI is InChI=1S/C30H57N2O6P/c1-3-5-7-9-11-13-14-16-17-19-21-23-29(33)28(27-38-39(35,36)37-26-25-31)32-30(34)24-22-20-18-15-12-10-8-6-4-2/h7,9,14,16,21,23,28-29,33H,3-6,8,10-13,15,17-20,22,24-27,31H2,1-2H3,(H,32,34)(H,35,36)/b9-7+,16-14+,23-21+. The second-order valence-corrected chi connectivity index (χ2v) is 11.4. The van der Waals surface area contributed by atoms with Gasteiger partial charge in [-0.2, -0.15) is 0 Å². The number of aliphatic hydroxyl groups excluding tert-OH is 1. The van der Waals surface area contributed by atoms with Crippen molar-refractivity contribution in [3.63, 3.8) is 0 Å². The van der Waals surface area contributed by atoms with Gasteiger partial charge in [-0.05, 0) is 38.5 Å². The molecule has 0 aliphatic carbocycles. The summed E-state index contributed by atoms with van der Waals surface area (Å²) in [6.45, 7) is 3.96. The molecule has 0 radical (unpaired) electrons. The second kappa shape index (κ2) is 26.9. The van der Waals surface area contributed by atoms with Gasteiger partial charge < -0.3 is 21.1 Å². The van der Waals surface area contributed by atoms with Gasteiger partial charge in [0.2, 0.25) is 5.91 Å². The van der Waals surface area contributed by atoms with Crippen LogP contribution in [0.1, 0.15) is 117 Å². The molecule has 0 aromatic heterocycles. The quantitative estimate of drug-likeness (QED) is 0.0480. The van der Waals surface area contributed by atoms with Gasteiger partial charge >= 0.3 is 7.82 Å². The van der Waals surface area contributed by atoms with Crippen LogP contribution in [0, 0.1) is 0 Å². The van der Waals surface area contributed by atoms with Crippen LogP contribution in [0.15, 0.2) is 36.5 Å². The van der Waals surface area contributed by atoms with E-state index in [0.717, 1.165) is 51.4 Å². The molecular weight excluding hydrogens is 515 g/mol. The first-order valence-corrected chi connectivity index (χ1v) is 16.6. The van der Waals surface area contributed by atoms with Crippen molar-refractivity contribution >= 4 is 13.7 Å². The molecule has 1 amide bonds. The Bertz CT molecular complexity index is 714. The SMILES string of the molecule is CCC/C=C/CC/C=C/CC/C=C/C(O)C(COP(=O)(O)OCCN)NC(=O)CCCCCCCCCCC. The van der Waals surface area contributed by atoms with Crippen molar-refractivity contribution < 1.29 is 28.4 Å². The average molecular weight is 573 g/mol. The monoisotopic (exact) mass is 572 g/mol. The first kappa shape index (κ1) is 37.7. The van der Waals surface area contributed by atoms with Crippen molar-refractivity contribution in [2.45, 2.75) is 129 Å². The molecular formula is C30H57N2O6P. The number of aliphatic hydroxyl groups is 1. The highest BCUT2D eigenvalue weighted by Crippen LogP contribution is 2.43. The number of phosphoric acid groups is 1. The van der Waals surface area contributed by atoms with Gasteiger partial charge in [0, 0.05) is 13.0 Å². The fraction of sp³-hybridized carbons (Fsp3) is 0.767. The van der Waals surface area contributed by atoms with Crippen molar-refractivity contribution in [1.82, 2.24) is 5.32 Å². The molecule has 5 N–H and O–H groups in total. The molecule has 8 nitrogen and oxygen atoms in total. The number of hydrogen-bond acceptors (Lipinski definition) is 6. The molecule has 0 rings (SSSR count). The van der Waals surface area contributed by atoms with Crippen LogP contribution in [0.3, 0.4) is 0 Å². The first-order valence-electron chi connectivity index (χ1n) is 15.1. The van der Waals surface area contributed by atoms with Crippen molar-refractivity contribution in [2.75, 3.05) is 19.8 Å². The maximum atomic E-state index is 12.5. The summed E-state index contributed by atoms with van der Waals surface area (Å²) in [6, 6.07) is -0.875. The van der Waals surface area contributed by atoms with Crippen LogP contribution in [-0.2, 0) is 18.4 Å². The van der Waals surface area contributed by atoms with Gasteiger partial charge in [-0.3, -0.25) is 13.8 Å². The molecule has 39 heavy (non-hydrogen) atoms. The molecule has 3 atom stereocenters. The number of allylic oxidation sites excluding steroid dienone is 5. The zero-order valence-electron chi connectivity index (χ0n) is 24.6. The molecule has 0 aromatic rings. The van der Waals surface area contributed by atoms with Crippen LogP contribution >= 0.6 is 7.82 Å². The Kier molecular flexibility index (Phi) is 26.0. The number of nitrogens with one attached hydrogen (secondary N) is 1. The first-order chi connectivity index (χ1) is 18.9. The Balaban J connectivity index is 4.57. The van der Waals surface area contributed by atoms with E-state index in [1.807, 2.05) is 6.08 Å². The van der Waals surface area contributed by atoms with Gasteiger partial charge in [0.1, 0.15) is 0 Å². The van der Waals surface area contributed by atoms with E-state index in [9.17, 15) is 19.4 Å². The lowest BCUT2D eigenvalue weighted by molar-refractivity contribution is -0.123. The fourth-order valence-electron chi connectivity index (χ4n) is 3.87. The average Bonchev–Trinajstić information content (AvgIpc) is 2.91. The highest BCUT2D eigenvalue weighted by Gasteiger charge is 2.26. The third kappa shape index (κ3) is 25.4. The summed E-state index contributed by atoms with van der Waals surface area (Å²) in [7, 11) is -4.33. The summed E-state index contributed by atoms with van der Waals surface area (Å²) < 4.78 is 21.8. The number of rotatable bonds is 27. The Labute approximate surface area is 238 Å². The largest absolute Gasteiger partial charge is 0.472 e. The van der Waals surface area contributed by atoms with E-state index in [1.165, 1.54) is 44.9 Å². The van der Waals surface area contributed by atoms with E-state index in [4.69, 9.17) is 14.8 Å². The molecule has 0 aromatic carbocycles. The molecule has 0 spiro atoms. The minimum Gasteiger partial charge on any atom is -0.387 e. The molecule has 0 aliphatic heterocycles. The molecule has 0 heterocycles. The number of hydrogen-bond donors (Lipinski definition) is 4. The highest BCUT2D eigenvalue weighted by molar-refractivity contribution is 7.47. The highest BCUT2D eigenvalue weighted by atomic mass is 31.2. The zero-order chi connectivity index (χ0) is 29.0. The summed E-state index contributed by atoms with van der Waals surface area (Å²) in [5.41, 5.74) is 5.31. The van der Waals surface area contributed by atoms with Gasteiger partial charge in [-0.15, -0.1) is 0 Å². The maximum absolute atomic E-state index is 12.5. The van der Waals surface area contributed by atoms with Crippen LogP contribution < -0.4 is 11.1 Å². The number of carbonyl (C=O) groups excluding carboxylic acids is 1. The van der Waals surface area contributed by atoms with Crippen molar-refractivity contribution in [3.8, 4) is 0 Å². The van der Waals surface area contributed by atoms with Crippen LogP contribution in [0.25, 0.3) is 0 Å². The topological polar surface area (TPSA) is 131 Å². The van der Waals surface area contributed by atoms with Crippen LogP contribution in [0.2, 0.25) is 0 Å². The van der Waals surface area contributed by atoms with Crippen molar-refractivity contribution in [3.05, 3.63) is 36.5 Å². The predicted octanol–water partition coefficient (Wildman–Crippen LogP) is 6.87. The minimum atomic E-state index is -4.33. The van der Waals surface area contributed by atoms with Gasteiger partial charge in [-0.1, -0.05) is 108 Å².